The molecule has 0 aliphatic rings. The maximum absolute atomic E-state index is 14.5. The molecule has 0 atom stereocenters. The predicted octanol–water partition coefficient (Wildman–Crippen LogP) is 5.38. The number of alkyl halides is 4. The average Bonchev–Trinajstić information content (AvgIpc) is 3.84. The van der Waals surface area contributed by atoms with Gasteiger partial charge in [0.05, 0.1) is 42.8 Å². The largest absolute Gasteiger partial charge is 0.480 e. The van der Waals surface area contributed by atoms with Crippen LogP contribution in [0.15, 0.2) is 107 Å². The first-order valence-corrected chi connectivity index (χ1v) is 18.0. The summed E-state index contributed by atoms with van der Waals surface area (Å²) in [4.78, 5) is 57.1. The van der Waals surface area contributed by atoms with Crippen LogP contribution >= 0.6 is 0 Å². The van der Waals surface area contributed by atoms with Gasteiger partial charge in [0, 0.05) is 74.4 Å². The first-order valence-electron chi connectivity index (χ1n) is 18.0. The van der Waals surface area contributed by atoms with Crippen molar-refractivity contribution >= 4 is 11.9 Å². The molecule has 6 aromatic rings. The second-order valence-corrected chi connectivity index (χ2v) is 13.1. The Labute approximate surface area is 329 Å². The van der Waals surface area contributed by atoms with Crippen LogP contribution in [0.3, 0.4) is 0 Å². The standard InChI is InChI=1S/C21H22F2N4O3.C19H18F2N4O3/c1-3-30-19(28)14-27-18(15-11-25-26(2)13-15)12-24-17(20(27)29)9-10-21(22,23)16-7-5-4-6-8-16;1-24-11-13(9-23-24)16-10-22-15(18(28)25(16)12-17(26)27)7-8-19(20,21)14-5-3-2-4-6-14/h4-8,11-13H,3,9-10,14H2,1-2H3;2-6,9-11H,7-8,12H2,1H3,(H,26,27). The van der Waals surface area contributed by atoms with E-state index in [-0.39, 0.29) is 54.2 Å². The number of ether oxygens (including phenoxy) is 1. The maximum atomic E-state index is 14.5. The molecule has 58 heavy (non-hydrogen) atoms. The molecule has 14 nitrogen and oxygen atoms in total. The summed E-state index contributed by atoms with van der Waals surface area (Å²) in [5.74, 6) is -8.06. The van der Waals surface area contributed by atoms with E-state index in [4.69, 9.17) is 9.84 Å². The number of esters is 1. The summed E-state index contributed by atoms with van der Waals surface area (Å²) < 4.78 is 68.0. The normalized spacial score (nSPS) is 11.5. The zero-order chi connectivity index (χ0) is 42.0. The molecule has 304 valence electrons. The molecule has 0 saturated heterocycles. The van der Waals surface area contributed by atoms with Crippen molar-refractivity contribution < 1.29 is 37.0 Å². The predicted molar refractivity (Wildman–Crippen MR) is 203 cm³/mol. The van der Waals surface area contributed by atoms with E-state index in [1.54, 1.807) is 50.2 Å². The number of nitrogens with zero attached hydrogens (tertiary/aromatic N) is 8. The number of hydrogen-bond acceptors (Lipinski definition) is 9. The number of aromatic nitrogens is 8. The van der Waals surface area contributed by atoms with Crippen molar-refractivity contribution in [2.75, 3.05) is 6.61 Å². The van der Waals surface area contributed by atoms with Crippen molar-refractivity contribution in [3.63, 3.8) is 0 Å². The fourth-order valence-electron chi connectivity index (χ4n) is 5.96. The lowest BCUT2D eigenvalue weighted by atomic mass is 10.0. The van der Waals surface area contributed by atoms with Crippen LogP contribution in [0.25, 0.3) is 22.5 Å². The highest BCUT2D eigenvalue weighted by molar-refractivity contribution is 5.71. The molecule has 0 bridgehead atoms. The summed E-state index contributed by atoms with van der Waals surface area (Å²) in [5, 5.41) is 17.2. The van der Waals surface area contributed by atoms with E-state index in [9.17, 15) is 36.7 Å². The van der Waals surface area contributed by atoms with Crippen molar-refractivity contribution in [1.82, 2.24) is 38.7 Å². The smallest absolute Gasteiger partial charge is 0.326 e. The lowest BCUT2D eigenvalue weighted by molar-refractivity contribution is -0.144. The van der Waals surface area contributed by atoms with Crippen LogP contribution in [0, 0.1) is 0 Å². The lowest BCUT2D eigenvalue weighted by Gasteiger charge is -2.17. The molecule has 0 aliphatic carbocycles. The molecule has 18 heteroatoms. The van der Waals surface area contributed by atoms with Crippen molar-refractivity contribution in [3.8, 4) is 22.5 Å². The highest BCUT2D eigenvalue weighted by Gasteiger charge is 2.33. The number of hydrogen-bond donors (Lipinski definition) is 1. The van der Waals surface area contributed by atoms with E-state index in [0.717, 1.165) is 4.57 Å². The Morgan fingerprint density at radius 3 is 1.45 bits per heavy atom. The monoisotopic (exact) mass is 804 g/mol. The van der Waals surface area contributed by atoms with Crippen LogP contribution < -0.4 is 11.1 Å². The third-order valence-electron chi connectivity index (χ3n) is 8.88. The fraction of sp³-hybridized carbons (Fsp3) is 0.300. The molecule has 0 amide bonds. The first-order chi connectivity index (χ1) is 27.6. The summed E-state index contributed by atoms with van der Waals surface area (Å²) in [6.45, 7) is 0.874. The number of rotatable bonds is 15. The Balaban J connectivity index is 0.000000221. The topological polar surface area (TPSA) is 169 Å². The molecule has 0 saturated carbocycles. The van der Waals surface area contributed by atoms with E-state index in [0.29, 0.717) is 16.8 Å². The molecule has 0 aliphatic heterocycles. The third-order valence-corrected chi connectivity index (χ3v) is 8.88. The third kappa shape index (κ3) is 10.6. The Kier molecular flexibility index (Phi) is 13.5. The minimum Gasteiger partial charge on any atom is -0.480 e. The number of carbonyl (C=O) groups is 2. The van der Waals surface area contributed by atoms with Crippen molar-refractivity contribution in [1.29, 1.82) is 0 Å². The Morgan fingerprint density at radius 2 is 1.09 bits per heavy atom. The van der Waals surface area contributed by atoms with Crippen LogP contribution in [0.4, 0.5) is 17.6 Å². The number of carboxylic acid groups (broad SMARTS) is 1. The summed E-state index contributed by atoms with van der Waals surface area (Å²) in [5.41, 5.74) is -0.00883. The average molecular weight is 805 g/mol. The number of carbonyl (C=O) groups excluding carboxylic acids is 1. The van der Waals surface area contributed by atoms with E-state index in [1.807, 2.05) is 0 Å². The number of aliphatic carboxylic acids is 1. The van der Waals surface area contributed by atoms with Crippen LogP contribution in [0.1, 0.15) is 42.3 Å². The first kappa shape index (κ1) is 42.4. The van der Waals surface area contributed by atoms with Crippen LogP contribution in [0.2, 0.25) is 0 Å². The lowest BCUT2D eigenvalue weighted by Crippen LogP contribution is -2.31. The molecule has 0 unspecified atom stereocenters. The molecule has 6 rings (SSSR count). The quantitative estimate of drug-likeness (QED) is 0.105. The van der Waals surface area contributed by atoms with Gasteiger partial charge >= 0.3 is 11.9 Å². The molecular weight excluding hydrogens is 764 g/mol. The molecule has 0 fully saturated rings. The summed E-state index contributed by atoms with van der Waals surface area (Å²) in [6.07, 6.45) is 7.28. The zero-order valence-corrected chi connectivity index (χ0v) is 31.8. The molecule has 0 radical (unpaired) electrons. The van der Waals surface area contributed by atoms with Crippen LogP contribution in [0.5, 0.6) is 0 Å². The summed E-state index contributed by atoms with van der Waals surface area (Å²) in [6, 6.07) is 14.7. The highest BCUT2D eigenvalue weighted by atomic mass is 19.3. The SMILES string of the molecule is CCOC(=O)Cn1c(-c2cnn(C)c2)cnc(CCC(F)(F)c2ccccc2)c1=O.Cn1cc(-c2cnc(CCC(F)(F)c3ccccc3)c(=O)n2CC(=O)O)cn1. The van der Waals surface area contributed by atoms with Gasteiger partial charge in [-0.05, 0) is 6.92 Å². The molecular formula is C40H40F4N8O6. The summed E-state index contributed by atoms with van der Waals surface area (Å²) in [7, 11) is 3.39. The Hall–Kier alpha value is -6.72. The van der Waals surface area contributed by atoms with E-state index < -0.39 is 54.3 Å². The molecule has 2 aromatic carbocycles. The molecule has 4 aromatic heterocycles. The van der Waals surface area contributed by atoms with Crippen LogP contribution in [-0.4, -0.2) is 62.3 Å². The molecule has 1 N–H and O–H groups in total. The van der Waals surface area contributed by atoms with Gasteiger partial charge in [0.2, 0.25) is 0 Å². The fourth-order valence-corrected chi connectivity index (χ4v) is 5.96. The number of halogens is 4. The Bertz CT molecular complexity index is 2460. The Morgan fingerprint density at radius 1 is 0.672 bits per heavy atom. The summed E-state index contributed by atoms with van der Waals surface area (Å²) >= 11 is 0. The maximum Gasteiger partial charge on any atom is 0.326 e. The second kappa shape index (κ2) is 18.5. The number of aryl methyl sites for hydroxylation is 4. The molecule has 0 spiro atoms. The van der Waals surface area contributed by atoms with Gasteiger partial charge in [0.25, 0.3) is 23.0 Å². The number of carboxylic acids is 1. The van der Waals surface area contributed by atoms with Gasteiger partial charge in [0.1, 0.15) is 24.5 Å². The van der Waals surface area contributed by atoms with Gasteiger partial charge < -0.3 is 9.84 Å². The molecule has 4 heterocycles. The van der Waals surface area contributed by atoms with Gasteiger partial charge in [-0.2, -0.15) is 10.2 Å². The zero-order valence-electron chi connectivity index (χ0n) is 31.8. The van der Waals surface area contributed by atoms with Gasteiger partial charge in [-0.25, -0.2) is 17.6 Å². The van der Waals surface area contributed by atoms with E-state index in [2.05, 4.69) is 20.2 Å². The van der Waals surface area contributed by atoms with Crippen molar-refractivity contribution in [3.05, 3.63) is 141 Å². The number of benzene rings is 2. The van der Waals surface area contributed by atoms with Gasteiger partial charge in [-0.1, -0.05) is 60.7 Å². The van der Waals surface area contributed by atoms with Crippen molar-refractivity contribution in [2.45, 2.75) is 57.5 Å². The van der Waals surface area contributed by atoms with Crippen molar-refractivity contribution in [2.24, 2.45) is 14.1 Å². The van der Waals surface area contributed by atoms with Gasteiger partial charge in [0.15, 0.2) is 0 Å². The van der Waals surface area contributed by atoms with Gasteiger partial charge in [-0.3, -0.25) is 47.6 Å². The highest BCUT2D eigenvalue weighted by Crippen LogP contribution is 2.33. The second-order valence-electron chi connectivity index (χ2n) is 13.1. The minimum atomic E-state index is -3.13. The van der Waals surface area contributed by atoms with Gasteiger partial charge in [-0.15, -0.1) is 0 Å². The minimum absolute atomic E-state index is 0.0393. The van der Waals surface area contributed by atoms with E-state index in [1.165, 1.54) is 82.6 Å². The van der Waals surface area contributed by atoms with Crippen LogP contribution in [-0.2, 0) is 66.2 Å². The van der Waals surface area contributed by atoms with E-state index >= 15 is 0 Å².